The second kappa shape index (κ2) is 30.4. The van der Waals surface area contributed by atoms with Crippen molar-refractivity contribution in [2.45, 2.75) is 113 Å². The molecule has 9 aliphatic rings. The molecule has 1 N–H and O–H groups in total. The standard InChI is InChI=1S/C23H28N2O3.C22H25N3O4.C20H25N2O.2Re.2Rf.3Rh/c1-24-20-6-4-3-5-18(20)19-9-10-25-13-15-7-8-17(28-22(26)14-27-2)11-16(15)12-21(25)23(19)24;1-24-19-5-3-2-4-17(19)18-8-9-25-12-14-6-7-16(29-21(26)13-28-23-27)10-15(14)11-20(25)22(18)24;1-21-18-5-3-2-4-16(18)17-8-9-22-12-13-6-7-15(23)10-14(13)11-19(22)20(17)21;;;;;;;/h3-6,11,14-17,21H,7-10,12-13H2,1-2H3;2-5,10,13-16,20H,6-9,11-12H2,1H3;2-5,10,13-15,19,23H,6-9,11-12H2,1H3;;;;;;;/q2*-2;-1;;;;;;;/t15?,16?,17-,21?;14?,15?,16-,20?;13?,14?,15-,19?;;;;;;;/m000......./s1. The molecule has 6 fully saturated rings. The van der Waals surface area contributed by atoms with Gasteiger partial charge < -0.3 is 37.9 Å². The van der Waals surface area contributed by atoms with E-state index >= 15 is 0 Å². The molecule has 9 unspecified atom stereocenters. The monoisotopic (exact) mass is 2300 g/mol. The Labute approximate surface area is 566 Å². The number of rotatable bonds is 7. The number of methoxy groups -OCH3 is 1. The molecule has 3 aromatic heterocycles. The number of carbonyl (C=O) groups is 2. The Morgan fingerprint density at radius 1 is 0.529 bits per heavy atom. The zero-order valence-corrected chi connectivity index (χ0v) is 73.2. The second-order valence-electron chi connectivity index (χ2n) is 24.6. The molecule has 6 aliphatic heterocycles. The van der Waals surface area contributed by atoms with Crippen LogP contribution in [0.1, 0.15) is 110 Å². The minimum Gasteiger partial charge on any atom is -0.525 e. The van der Waals surface area contributed by atoms with Crippen molar-refractivity contribution < 1.29 is 133 Å². The zero-order chi connectivity index (χ0) is 54.8. The van der Waals surface area contributed by atoms with Crippen LogP contribution in [0.25, 0.3) is 32.7 Å². The number of aryl methyl sites for hydroxylation is 3. The fourth-order valence-corrected chi connectivity index (χ4v) is 17.0. The quantitative estimate of drug-likeness (QED) is 0.0536. The summed E-state index contributed by atoms with van der Waals surface area (Å²) in [7, 11) is 8.10. The third kappa shape index (κ3) is 13.7. The summed E-state index contributed by atoms with van der Waals surface area (Å²) >= 11 is 0. The van der Waals surface area contributed by atoms with Gasteiger partial charge in [0, 0.05) is 215 Å². The molecular formula is C65H78N7O8Re2Rf2Rh3-5. The molecule has 3 saturated carbocycles. The van der Waals surface area contributed by atoms with Gasteiger partial charge in [0.1, 0.15) is 5.34 Å². The van der Waals surface area contributed by atoms with Crippen molar-refractivity contribution in [3.05, 3.63) is 144 Å². The SMILES string of the molecule is CO[CH-]C(=O)O[C@@H]1[CH-]C2CC3c4c(c5ccccc5n4C)CCN3CC2CC1.Cn1c2c(c3ccccc31)CCN1CC3CC[C@H](O)[CH-]C3CC21.Cn1c2c(c3ccccc31)CCN1CC3CC[C@H](OC(=O)[CH-]ON=O)[CH-]C3CC21.[Re].[Re].[Rf].[Rf].[Rh].[Rh].[Rh]. The normalized spacial score (nSPS) is 28.1. The van der Waals surface area contributed by atoms with Crippen LogP contribution in [0, 0.1) is 72.9 Å². The Bertz CT molecular complexity index is 3300. The zero-order valence-electron chi connectivity index (χ0n) is 50.1. The van der Waals surface area contributed by atoms with Crippen molar-refractivity contribution >= 4 is 44.6 Å². The molecule has 12 atom stereocenters. The third-order valence-electron chi connectivity index (χ3n) is 20.5. The van der Waals surface area contributed by atoms with E-state index in [-0.39, 0.29) is 124 Å². The largest absolute Gasteiger partial charge is 0.525 e. The number of ether oxygens (including phenoxy) is 3. The predicted molar refractivity (Wildman–Crippen MR) is 306 cm³/mol. The molecule has 3 aromatic carbocycles. The Balaban J connectivity index is 0.000000202. The van der Waals surface area contributed by atoms with Crippen LogP contribution in [-0.4, -0.2) is 110 Å². The Hall–Kier alpha value is -4.65. The van der Waals surface area contributed by atoms with E-state index in [4.69, 9.17) is 14.2 Å². The number of esters is 2. The molecule has 5 radical (unpaired) electrons. The van der Waals surface area contributed by atoms with Crippen LogP contribution in [0.4, 0.5) is 0 Å². The van der Waals surface area contributed by atoms with Crippen molar-refractivity contribution in [2.24, 2.45) is 62.0 Å². The van der Waals surface area contributed by atoms with E-state index in [1.807, 2.05) is 0 Å². The molecular weight excluding hydrogens is 2220 g/mol. The summed E-state index contributed by atoms with van der Waals surface area (Å²) in [5, 5.41) is 16.5. The Morgan fingerprint density at radius 2 is 0.874 bits per heavy atom. The maximum absolute atomic E-state index is 11.8. The number of para-hydroxylation sites is 3. The summed E-state index contributed by atoms with van der Waals surface area (Å²) in [6, 6.07) is 27.7. The molecule has 9 heterocycles. The Kier molecular flexibility index (Phi) is 25.0. The van der Waals surface area contributed by atoms with E-state index in [0.29, 0.717) is 47.7 Å². The van der Waals surface area contributed by atoms with Gasteiger partial charge in [0.2, 0.25) is 5.97 Å². The average Bonchev–Trinajstić information content (AvgIpc) is 1.95. The fraction of sp³-hybridized carbons (Fsp3) is 0.523. The van der Waals surface area contributed by atoms with E-state index in [9.17, 15) is 19.6 Å². The van der Waals surface area contributed by atoms with Gasteiger partial charge >= 0.3 is 0 Å². The summed E-state index contributed by atoms with van der Waals surface area (Å²) in [5.41, 5.74) is 13.1. The van der Waals surface area contributed by atoms with Crippen molar-refractivity contribution in [1.29, 1.82) is 0 Å². The summed E-state index contributed by atoms with van der Waals surface area (Å²) in [4.78, 5) is 45.7. The van der Waals surface area contributed by atoms with Gasteiger partial charge in [0.25, 0.3) is 0 Å². The maximum Gasteiger partial charge on any atom is 0.202 e. The van der Waals surface area contributed by atoms with Crippen molar-refractivity contribution in [2.75, 3.05) is 46.4 Å². The molecule has 15 rings (SSSR count). The molecule has 6 aromatic rings. The topological polar surface area (TPSA) is 145 Å². The van der Waals surface area contributed by atoms with E-state index in [2.05, 4.69) is 152 Å². The van der Waals surface area contributed by atoms with Crippen LogP contribution < -0.4 is 0 Å². The number of nitrogens with zero attached hydrogens (tertiary/aromatic N) is 7. The van der Waals surface area contributed by atoms with Gasteiger partial charge in [-0.05, 0) is 98.8 Å². The van der Waals surface area contributed by atoms with Gasteiger partial charge in [-0.25, -0.2) is 0 Å². The Morgan fingerprint density at radius 3 is 1.24 bits per heavy atom. The van der Waals surface area contributed by atoms with Gasteiger partial charge in [0.15, 0.2) is 5.97 Å². The first-order valence-electron chi connectivity index (χ1n) is 29.8. The molecule has 87 heavy (non-hydrogen) atoms. The molecule has 15 nitrogen and oxygen atoms in total. The average molecular weight is 2300 g/mol. The number of aliphatic hydroxyl groups is 1. The van der Waals surface area contributed by atoms with Crippen molar-refractivity contribution in [3.63, 3.8) is 0 Å². The molecule has 0 bridgehead atoms. The van der Waals surface area contributed by atoms with Gasteiger partial charge in [-0.2, -0.15) is 24.4 Å². The van der Waals surface area contributed by atoms with E-state index in [1.54, 1.807) is 5.56 Å². The maximum atomic E-state index is 11.8. The van der Waals surface area contributed by atoms with Crippen LogP contribution in [0.2, 0.25) is 0 Å². The van der Waals surface area contributed by atoms with E-state index in [0.717, 1.165) is 103 Å². The molecule has 0 amide bonds. The first-order valence-corrected chi connectivity index (χ1v) is 29.8. The van der Waals surface area contributed by atoms with E-state index < -0.39 is 5.97 Å². The first kappa shape index (κ1) is 71.4. The molecule has 3 aliphatic carbocycles. The molecule has 3 saturated heterocycles. The molecule has 471 valence electrons. The summed E-state index contributed by atoms with van der Waals surface area (Å²) < 4.78 is 23.0. The molecule has 0 spiro atoms. The summed E-state index contributed by atoms with van der Waals surface area (Å²) in [6.45, 7) is 8.77. The number of aromatic nitrogens is 3. The predicted octanol–water partition coefficient (Wildman–Crippen LogP) is 9.98. The fourth-order valence-electron chi connectivity index (χ4n) is 17.0. The van der Waals surface area contributed by atoms with Gasteiger partial charge in [-0.15, -0.1) is 4.91 Å². The van der Waals surface area contributed by atoms with Crippen molar-refractivity contribution in [1.82, 2.24) is 28.4 Å². The minimum atomic E-state index is -0.657. The van der Waals surface area contributed by atoms with Gasteiger partial charge in [-0.1, -0.05) is 130 Å². The van der Waals surface area contributed by atoms with Crippen LogP contribution in [0.3, 0.4) is 0 Å². The van der Waals surface area contributed by atoms with Crippen LogP contribution in [0.15, 0.2) is 78.1 Å². The van der Waals surface area contributed by atoms with E-state index in [1.165, 1.54) is 100 Å². The van der Waals surface area contributed by atoms with Crippen molar-refractivity contribution in [3.8, 4) is 0 Å². The number of hydrogen-bond donors (Lipinski definition) is 1. The number of aliphatic hydroxyl groups excluding tert-OH is 1. The number of hydrogen-bond acceptors (Lipinski definition) is 12. The smallest absolute Gasteiger partial charge is 0.202 e. The third-order valence-corrected chi connectivity index (χ3v) is 20.5. The van der Waals surface area contributed by atoms with Crippen LogP contribution >= 0.6 is 0 Å². The number of piperidine rings is 3. The van der Waals surface area contributed by atoms with Gasteiger partial charge in [0.05, 0.1) is 0 Å². The minimum absolute atomic E-state index is 0. The first-order chi connectivity index (χ1) is 39.0. The second-order valence-corrected chi connectivity index (χ2v) is 24.6. The summed E-state index contributed by atoms with van der Waals surface area (Å²) in [6.07, 6.45) is 19.0. The molecule has 22 heteroatoms. The number of carbonyl (C=O) groups excluding carboxylic acids is 2. The van der Waals surface area contributed by atoms with Crippen LogP contribution in [0.5, 0.6) is 0 Å². The van der Waals surface area contributed by atoms with Gasteiger partial charge in [-0.3, -0.25) is 43.6 Å². The number of benzene rings is 3. The number of fused-ring (bicyclic) bond motifs is 18. The summed E-state index contributed by atoms with van der Waals surface area (Å²) in [5.74, 6) is 2.50. The van der Waals surface area contributed by atoms with Crippen LogP contribution in [-0.2, 0) is 168 Å².